The molecule has 1 aliphatic heterocycles. The Labute approximate surface area is 96.5 Å². The number of hydrogen-bond donors (Lipinski definition) is 1. The van der Waals surface area contributed by atoms with E-state index in [1.165, 1.54) is 11.1 Å². The van der Waals surface area contributed by atoms with Gasteiger partial charge in [-0.2, -0.15) is 0 Å². The maximum atomic E-state index is 5.68. The molecule has 0 bridgehead atoms. The molecule has 88 valence electrons. The van der Waals surface area contributed by atoms with E-state index < -0.39 is 0 Å². The highest BCUT2D eigenvalue weighted by Crippen LogP contribution is 2.37. The van der Waals surface area contributed by atoms with Crippen molar-refractivity contribution in [2.75, 3.05) is 26.9 Å². The minimum atomic E-state index is 0.145. The van der Waals surface area contributed by atoms with E-state index in [0.29, 0.717) is 6.54 Å². The van der Waals surface area contributed by atoms with Crippen molar-refractivity contribution < 1.29 is 9.47 Å². The van der Waals surface area contributed by atoms with Crippen molar-refractivity contribution in [3.05, 3.63) is 29.3 Å². The van der Waals surface area contributed by atoms with Crippen LogP contribution in [-0.4, -0.2) is 26.9 Å². The molecule has 1 saturated heterocycles. The molecule has 1 fully saturated rings. The lowest BCUT2D eigenvalue weighted by Crippen LogP contribution is -2.48. The van der Waals surface area contributed by atoms with Gasteiger partial charge < -0.3 is 15.2 Å². The summed E-state index contributed by atoms with van der Waals surface area (Å²) in [6.07, 6.45) is 0.985. The topological polar surface area (TPSA) is 44.5 Å². The monoisotopic (exact) mass is 221 g/mol. The maximum Gasteiger partial charge on any atom is 0.121 e. The fraction of sp³-hybridized carbons (Fsp3) is 0.538. The second-order valence-corrected chi connectivity index (χ2v) is 4.50. The predicted molar refractivity (Wildman–Crippen MR) is 63.9 cm³/mol. The zero-order chi connectivity index (χ0) is 11.6. The summed E-state index contributed by atoms with van der Waals surface area (Å²) in [4.78, 5) is 0. The van der Waals surface area contributed by atoms with Crippen LogP contribution >= 0.6 is 0 Å². The van der Waals surface area contributed by atoms with Crippen molar-refractivity contribution in [3.63, 3.8) is 0 Å². The van der Waals surface area contributed by atoms with Gasteiger partial charge in [0, 0.05) is 5.41 Å². The summed E-state index contributed by atoms with van der Waals surface area (Å²) in [7, 11) is 1.70. The van der Waals surface area contributed by atoms with Crippen LogP contribution in [-0.2, 0) is 10.2 Å². The summed E-state index contributed by atoms with van der Waals surface area (Å²) in [5, 5.41) is 0. The third kappa shape index (κ3) is 1.81. The Morgan fingerprint density at radius 1 is 1.44 bits per heavy atom. The zero-order valence-corrected chi connectivity index (χ0v) is 9.95. The molecular weight excluding hydrogens is 202 g/mol. The van der Waals surface area contributed by atoms with Crippen LogP contribution in [0.2, 0.25) is 0 Å². The van der Waals surface area contributed by atoms with Crippen LogP contribution in [0.5, 0.6) is 5.75 Å². The molecule has 1 aliphatic rings. The second-order valence-electron chi connectivity index (χ2n) is 4.50. The molecule has 0 radical (unpaired) electrons. The van der Waals surface area contributed by atoms with E-state index in [2.05, 4.69) is 19.1 Å². The largest absolute Gasteiger partial charge is 0.496 e. The summed E-state index contributed by atoms with van der Waals surface area (Å²) >= 11 is 0. The molecule has 1 heterocycles. The number of nitrogens with two attached hydrogens (primary N) is 1. The molecule has 3 heteroatoms. The molecule has 2 rings (SSSR count). The van der Waals surface area contributed by atoms with Gasteiger partial charge in [0.25, 0.3) is 0 Å². The van der Waals surface area contributed by atoms with Crippen LogP contribution < -0.4 is 10.5 Å². The fourth-order valence-corrected chi connectivity index (χ4v) is 2.29. The number of benzene rings is 1. The first-order valence-corrected chi connectivity index (χ1v) is 5.65. The molecule has 0 aromatic heterocycles. The van der Waals surface area contributed by atoms with Crippen LogP contribution in [0.25, 0.3) is 0 Å². The van der Waals surface area contributed by atoms with Crippen LogP contribution in [0.4, 0.5) is 0 Å². The molecule has 2 N–H and O–H groups in total. The van der Waals surface area contributed by atoms with Gasteiger partial charge in [0.15, 0.2) is 0 Å². The number of methoxy groups -OCH3 is 1. The first-order chi connectivity index (χ1) is 7.72. The number of aryl methyl sites for hydroxylation is 1. The molecule has 0 atom stereocenters. The zero-order valence-electron chi connectivity index (χ0n) is 9.95. The molecule has 3 nitrogen and oxygen atoms in total. The van der Waals surface area contributed by atoms with Crippen LogP contribution in [0.3, 0.4) is 0 Å². The van der Waals surface area contributed by atoms with Gasteiger partial charge in [-0.25, -0.2) is 0 Å². The van der Waals surface area contributed by atoms with E-state index >= 15 is 0 Å². The summed E-state index contributed by atoms with van der Waals surface area (Å²) in [5.41, 5.74) is 8.31. The van der Waals surface area contributed by atoms with E-state index in [1.807, 2.05) is 6.07 Å². The molecule has 0 aliphatic carbocycles. The van der Waals surface area contributed by atoms with Crippen molar-refractivity contribution in [2.24, 2.45) is 5.73 Å². The predicted octanol–water partition coefficient (Wildman–Crippen LogP) is 1.62. The summed E-state index contributed by atoms with van der Waals surface area (Å²) < 4.78 is 10.6. The van der Waals surface area contributed by atoms with Gasteiger partial charge in [0.2, 0.25) is 0 Å². The lowest BCUT2D eigenvalue weighted by atomic mass is 9.75. The standard InChI is InChI=1S/C13H19NO2/c1-10-7-11(3-4-12(10)15-2)13(5-6-14)8-16-9-13/h3-4,7H,5-6,8-9,14H2,1-2H3. The lowest BCUT2D eigenvalue weighted by Gasteiger charge is -2.42. The van der Waals surface area contributed by atoms with Crippen LogP contribution in [0.1, 0.15) is 17.5 Å². The quantitative estimate of drug-likeness (QED) is 0.840. The van der Waals surface area contributed by atoms with Crippen molar-refractivity contribution in [1.29, 1.82) is 0 Å². The van der Waals surface area contributed by atoms with E-state index in [-0.39, 0.29) is 5.41 Å². The Hall–Kier alpha value is -1.06. The second kappa shape index (κ2) is 4.44. The Balaban J connectivity index is 2.29. The van der Waals surface area contributed by atoms with E-state index in [9.17, 15) is 0 Å². The molecule has 0 saturated carbocycles. The van der Waals surface area contributed by atoms with Gasteiger partial charge in [0.05, 0.1) is 20.3 Å². The molecule has 0 spiro atoms. The average Bonchev–Trinajstić information content (AvgIpc) is 2.23. The smallest absolute Gasteiger partial charge is 0.121 e. The van der Waals surface area contributed by atoms with Crippen LogP contribution in [0, 0.1) is 6.92 Å². The summed E-state index contributed by atoms with van der Waals surface area (Å²) in [5.74, 6) is 0.937. The lowest BCUT2D eigenvalue weighted by molar-refractivity contribution is -0.0631. The third-order valence-corrected chi connectivity index (χ3v) is 3.39. The van der Waals surface area contributed by atoms with Gasteiger partial charge in [-0.05, 0) is 37.1 Å². The summed E-state index contributed by atoms with van der Waals surface area (Å²) in [6.45, 7) is 4.35. The SMILES string of the molecule is COc1ccc(C2(CCN)COC2)cc1C. The molecule has 1 aromatic rings. The molecular formula is C13H19NO2. The van der Waals surface area contributed by atoms with Crippen molar-refractivity contribution in [1.82, 2.24) is 0 Å². The molecule has 16 heavy (non-hydrogen) atoms. The molecule has 1 aromatic carbocycles. The van der Waals surface area contributed by atoms with Crippen molar-refractivity contribution >= 4 is 0 Å². The Morgan fingerprint density at radius 2 is 2.19 bits per heavy atom. The number of hydrogen-bond acceptors (Lipinski definition) is 3. The third-order valence-electron chi connectivity index (χ3n) is 3.39. The maximum absolute atomic E-state index is 5.68. The van der Waals surface area contributed by atoms with E-state index in [1.54, 1.807) is 7.11 Å². The highest BCUT2D eigenvalue weighted by Gasteiger charge is 2.39. The first-order valence-electron chi connectivity index (χ1n) is 5.65. The number of ether oxygens (including phenoxy) is 2. The Kier molecular flexibility index (Phi) is 3.17. The summed E-state index contributed by atoms with van der Waals surface area (Å²) in [6, 6.07) is 6.35. The van der Waals surface area contributed by atoms with E-state index in [4.69, 9.17) is 15.2 Å². The van der Waals surface area contributed by atoms with Gasteiger partial charge in [-0.1, -0.05) is 12.1 Å². The fourth-order valence-electron chi connectivity index (χ4n) is 2.29. The van der Waals surface area contributed by atoms with Crippen molar-refractivity contribution in [3.8, 4) is 5.75 Å². The number of rotatable bonds is 4. The van der Waals surface area contributed by atoms with Gasteiger partial charge in [0.1, 0.15) is 5.75 Å². The minimum absolute atomic E-state index is 0.145. The van der Waals surface area contributed by atoms with Crippen LogP contribution in [0.15, 0.2) is 18.2 Å². The normalized spacial score (nSPS) is 17.9. The van der Waals surface area contributed by atoms with Gasteiger partial charge in [-0.15, -0.1) is 0 Å². The Morgan fingerprint density at radius 3 is 2.62 bits per heavy atom. The Bertz CT molecular complexity index is 372. The minimum Gasteiger partial charge on any atom is -0.496 e. The van der Waals surface area contributed by atoms with Crippen molar-refractivity contribution in [2.45, 2.75) is 18.8 Å². The van der Waals surface area contributed by atoms with E-state index in [0.717, 1.165) is 25.4 Å². The highest BCUT2D eigenvalue weighted by atomic mass is 16.5. The van der Waals surface area contributed by atoms with Gasteiger partial charge >= 0.3 is 0 Å². The molecule has 0 amide bonds. The molecule has 0 unspecified atom stereocenters. The first kappa shape index (κ1) is 11.4. The average molecular weight is 221 g/mol. The van der Waals surface area contributed by atoms with Gasteiger partial charge in [-0.3, -0.25) is 0 Å². The highest BCUT2D eigenvalue weighted by molar-refractivity contribution is 5.40.